The van der Waals surface area contributed by atoms with Crippen LogP contribution in [0.5, 0.6) is 23.0 Å². The van der Waals surface area contributed by atoms with Gasteiger partial charge in [0, 0.05) is 31.1 Å². The second-order valence-corrected chi connectivity index (χ2v) is 8.47. The summed E-state index contributed by atoms with van der Waals surface area (Å²) in [5, 5.41) is 4.47. The van der Waals surface area contributed by atoms with Crippen molar-refractivity contribution in [2.45, 2.75) is 25.9 Å². The van der Waals surface area contributed by atoms with Gasteiger partial charge in [0.25, 0.3) is 5.56 Å². The number of benzene rings is 2. The van der Waals surface area contributed by atoms with Crippen molar-refractivity contribution < 1.29 is 23.7 Å². The van der Waals surface area contributed by atoms with E-state index in [4.69, 9.17) is 18.9 Å². The zero-order chi connectivity index (χ0) is 24.4. The molecule has 9 heteroatoms. The molecule has 2 aliphatic heterocycles. The second-order valence-electron chi connectivity index (χ2n) is 8.47. The smallest absolute Gasteiger partial charge is 0.267 e. The fraction of sp³-hybridized carbons (Fsp3) is 0.346. The molecule has 2 aromatic carbocycles. The van der Waals surface area contributed by atoms with E-state index in [1.165, 1.54) is 10.7 Å². The van der Waals surface area contributed by atoms with Gasteiger partial charge in [-0.05, 0) is 53.9 Å². The third kappa shape index (κ3) is 4.66. The van der Waals surface area contributed by atoms with Crippen molar-refractivity contribution in [2.75, 3.05) is 34.0 Å². The number of carbonyl (C=O) groups excluding carboxylic acids is 1. The van der Waals surface area contributed by atoms with Crippen LogP contribution in [0.1, 0.15) is 17.5 Å². The van der Waals surface area contributed by atoms with Crippen LogP contribution in [0.2, 0.25) is 0 Å². The Morgan fingerprint density at radius 3 is 2.49 bits per heavy atom. The van der Waals surface area contributed by atoms with E-state index in [0.717, 1.165) is 23.1 Å². The Balaban J connectivity index is 1.35. The van der Waals surface area contributed by atoms with Gasteiger partial charge in [0.2, 0.25) is 5.91 Å². The van der Waals surface area contributed by atoms with Crippen LogP contribution in [0.4, 0.5) is 0 Å². The molecule has 5 rings (SSSR count). The predicted molar refractivity (Wildman–Crippen MR) is 128 cm³/mol. The van der Waals surface area contributed by atoms with Gasteiger partial charge in [0.15, 0.2) is 23.0 Å². The Morgan fingerprint density at radius 2 is 1.71 bits per heavy atom. The summed E-state index contributed by atoms with van der Waals surface area (Å²) in [5.74, 6) is 2.47. The number of fused-ring (bicyclic) bond motifs is 2. The summed E-state index contributed by atoms with van der Waals surface area (Å²) in [7, 11) is 3.19. The highest BCUT2D eigenvalue weighted by molar-refractivity contribution is 5.76. The van der Waals surface area contributed by atoms with Crippen LogP contribution in [0.25, 0.3) is 11.3 Å². The van der Waals surface area contributed by atoms with Gasteiger partial charge in [0.1, 0.15) is 6.54 Å². The number of hydrogen-bond acceptors (Lipinski definition) is 7. The first kappa shape index (κ1) is 22.8. The summed E-state index contributed by atoms with van der Waals surface area (Å²) in [6.45, 7) is 2.04. The van der Waals surface area contributed by atoms with Crippen LogP contribution in [-0.4, -0.2) is 54.6 Å². The van der Waals surface area contributed by atoms with E-state index >= 15 is 0 Å². The van der Waals surface area contributed by atoms with Crippen LogP contribution < -0.4 is 24.5 Å². The normalized spacial score (nSPS) is 14.6. The molecular formula is C26H27N3O6. The van der Waals surface area contributed by atoms with E-state index < -0.39 is 0 Å². The third-order valence-electron chi connectivity index (χ3n) is 6.27. The molecule has 0 saturated heterocycles. The molecule has 3 aromatic rings. The van der Waals surface area contributed by atoms with Gasteiger partial charge in [-0.2, -0.15) is 5.10 Å². The lowest BCUT2D eigenvalue weighted by molar-refractivity contribution is -0.133. The number of rotatable bonds is 5. The van der Waals surface area contributed by atoms with Gasteiger partial charge in [0.05, 0.1) is 33.1 Å². The van der Waals surface area contributed by atoms with Crippen molar-refractivity contribution in [1.82, 2.24) is 14.7 Å². The predicted octanol–water partition coefficient (Wildman–Crippen LogP) is 2.67. The number of nitrogens with zero attached hydrogens (tertiary/aromatic N) is 3. The molecule has 0 unspecified atom stereocenters. The average Bonchev–Trinajstić information content (AvgIpc) is 3.13. The van der Waals surface area contributed by atoms with E-state index in [9.17, 15) is 9.59 Å². The van der Waals surface area contributed by atoms with E-state index in [2.05, 4.69) is 5.10 Å². The Kier molecular flexibility index (Phi) is 6.31. The average molecular weight is 478 g/mol. The van der Waals surface area contributed by atoms with Crippen LogP contribution in [-0.2, 0) is 24.3 Å². The topological polar surface area (TPSA) is 92.1 Å². The summed E-state index contributed by atoms with van der Waals surface area (Å²) >= 11 is 0. The van der Waals surface area contributed by atoms with E-state index in [1.807, 2.05) is 30.3 Å². The molecule has 2 aliphatic rings. The maximum Gasteiger partial charge on any atom is 0.267 e. The third-order valence-corrected chi connectivity index (χ3v) is 6.27. The van der Waals surface area contributed by atoms with Gasteiger partial charge < -0.3 is 23.8 Å². The van der Waals surface area contributed by atoms with Crippen molar-refractivity contribution in [3.8, 4) is 34.3 Å². The molecule has 0 saturated carbocycles. The highest BCUT2D eigenvalue weighted by Crippen LogP contribution is 2.34. The quantitative estimate of drug-likeness (QED) is 0.558. The first-order chi connectivity index (χ1) is 17.1. The summed E-state index contributed by atoms with van der Waals surface area (Å²) in [6, 6.07) is 12.5. The standard InChI is InChI=1S/C26H27N3O6/c1-32-22-12-17-8-9-28(15-19(17)14-23(22)33-2)26(31)16-29-25(30)7-5-20(27-29)18-4-6-21-24(13-18)35-11-3-10-34-21/h4-7,12-14H,3,8-11,15-16H2,1-2H3. The Bertz CT molecular complexity index is 1320. The number of ether oxygens (including phenoxy) is 4. The summed E-state index contributed by atoms with van der Waals surface area (Å²) in [6.07, 6.45) is 1.51. The highest BCUT2D eigenvalue weighted by atomic mass is 16.5. The van der Waals surface area contributed by atoms with Crippen LogP contribution >= 0.6 is 0 Å². The first-order valence-electron chi connectivity index (χ1n) is 11.6. The Labute approximate surface area is 202 Å². The van der Waals surface area contributed by atoms with Crippen molar-refractivity contribution >= 4 is 5.91 Å². The molecule has 35 heavy (non-hydrogen) atoms. The van der Waals surface area contributed by atoms with Gasteiger partial charge in [-0.25, -0.2) is 4.68 Å². The monoisotopic (exact) mass is 477 g/mol. The number of hydrogen-bond donors (Lipinski definition) is 0. The maximum absolute atomic E-state index is 13.1. The molecule has 0 fully saturated rings. The van der Waals surface area contributed by atoms with Gasteiger partial charge in [-0.15, -0.1) is 0 Å². The molecule has 0 spiro atoms. The fourth-order valence-electron chi connectivity index (χ4n) is 4.36. The van der Waals surface area contributed by atoms with Crippen LogP contribution in [0.15, 0.2) is 47.3 Å². The molecule has 9 nitrogen and oxygen atoms in total. The zero-order valence-electron chi connectivity index (χ0n) is 19.8. The SMILES string of the molecule is COc1cc2c(cc1OC)CN(C(=O)Cn1nc(-c3ccc4c(c3)OCCCO4)ccc1=O)CC2. The zero-order valence-corrected chi connectivity index (χ0v) is 19.8. The van der Waals surface area contributed by atoms with Crippen LogP contribution in [0, 0.1) is 0 Å². The fourth-order valence-corrected chi connectivity index (χ4v) is 4.36. The first-order valence-corrected chi connectivity index (χ1v) is 11.6. The summed E-state index contributed by atoms with van der Waals surface area (Å²) in [4.78, 5) is 27.4. The molecule has 1 amide bonds. The summed E-state index contributed by atoms with van der Waals surface area (Å²) < 4.78 is 23.5. The number of carbonyl (C=O) groups is 1. The van der Waals surface area contributed by atoms with E-state index in [-0.39, 0.29) is 18.0 Å². The molecular weight excluding hydrogens is 450 g/mol. The van der Waals surface area contributed by atoms with Gasteiger partial charge in [-0.1, -0.05) is 0 Å². The lowest BCUT2D eigenvalue weighted by Gasteiger charge is -2.29. The molecule has 1 aromatic heterocycles. The van der Waals surface area contributed by atoms with E-state index in [0.29, 0.717) is 61.4 Å². The largest absolute Gasteiger partial charge is 0.493 e. The maximum atomic E-state index is 13.1. The van der Waals surface area contributed by atoms with E-state index in [1.54, 1.807) is 25.2 Å². The van der Waals surface area contributed by atoms with Crippen molar-refractivity contribution in [3.63, 3.8) is 0 Å². The molecule has 0 radical (unpaired) electrons. The van der Waals surface area contributed by atoms with Crippen LogP contribution in [0.3, 0.4) is 0 Å². The minimum Gasteiger partial charge on any atom is -0.493 e. The minimum absolute atomic E-state index is 0.139. The van der Waals surface area contributed by atoms with Crippen molar-refractivity contribution in [1.29, 1.82) is 0 Å². The number of aromatic nitrogens is 2. The van der Waals surface area contributed by atoms with Gasteiger partial charge in [-0.3, -0.25) is 9.59 Å². The molecule has 182 valence electrons. The Morgan fingerprint density at radius 1 is 0.971 bits per heavy atom. The Hall–Kier alpha value is -4.01. The molecule has 3 heterocycles. The minimum atomic E-state index is -0.333. The second kappa shape index (κ2) is 9.69. The number of methoxy groups -OCH3 is 2. The highest BCUT2D eigenvalue weighted by Gasteiger charge is 2.24. The van der Waals surface area contributed by atoms with Crippen molar-refractivity contribution in [3.05, 3.63) is 63.9 Å². The van der Waals surface area contributed by atoms with Crippen molar-refractivity contribution in [2.24, 2.45) is 0 Å². The van der Waals surface area contributed by atoms with Gasteiger partial charge >= 0.3 is 0 Å². The molecule has 0 atom stereocenters. The lowest BCUT2D eigenvalue weighted by atomic mass is 9.98. The molecule has 0 bridgehead atoms. The number of amides is 1. The summed E-state index contributed by atoms with van der Waals surface area (Å²) in [5.41, 5.74) is 3.15. The lowest BCUT2D eigenvalue weighted by Crippen LogP contribution is -2.40. The molecule has 0 aliphatic carbocycles. The molecule has 0 N–H and O–H groups in total.